The van der Waals surface area contributed by atoms with Crippen LogP contribution in [0.15, 0.2) is 117 Å². The number of carbonyl (C=O) groups is 3. The zero-order valence-corrected chi connectivity index (χ0v) is 23.1. The van der Waals surface area contributed by atoms with E-state index in [-0.39, 0.29) is 22.2 Å². The standard InChI is InChI=1S/C29H18BrClFN3O3S/c30-17-8-12-19(13-9-17)33-25-26(29(38)35(28(25)37)21-14-10-18(32)11-15-21)39-22-5-3-4-20(16-22)34-27(36)23-6-1-2-7-24(23)31/h1-16,33H,(H,34,36). The summed E-state index contributed by atoms with van der Waals surface area (Å²) in [6, 6.07) is 25.9. The normalized spacial score (nSPS) is 13.2. The van der Waals surface area contributed by atoms with Gasteiger partial charge in [-0.25, -0.2) is 9.29 Å². The molecule has 0 saturated heterocycles. The van der Waals surface area contributed by atoms with Crippen molar-refractivity contribution >= 4 is 74.1 Å². The smallest absolute Gasteiger partial charge is 0.283 e. The molecular formula is C29H18BrClFN3O3S. The molecule has 39 heavy (non-hydrogen) atoms. The van der Waals surface area contributed by atoms with Crippen molar-refractivity contribution < 1.29 is 18.8 Å². The third-order valence-corrected chi connectivity index (χ3v) is 7.60. The number of nitrogens with zero attached hydrogens (tertiary/aromatic N) is 1. The molecule has 0 bridgehead atoms. The molecule has 4 aromatic rings. The van der Waals surface area contributed by atoms with Gasteiger partial charge in [0.2, 0.25) is 0 Å². The van der Waals surface area contributed by atoms with Crippen LogP contribution in [0, 0.1) is 5.82 Å². The molecule has 0 saturated carbocycles. The Bertz CT molecular complexity index is 1630. The second kappa shape index (κ2) is 11.4. The SMILES string of the molecule is O=C(Nc1cccc(SC2=C(Nc3ccc(Br)cc3)C(=O)N(c3ccc(F)cc3)C2=O)c1)c1ccccc1Cl. The van der Waals surface area contributed by atoms with Crippen molar-refractivity contribution in [3.05, 3.63) is 129 Å². The van der Waals surface area contributed by atoms with Gasteiger partial charge < -0.3 is 10.6 Å². The molecule has 0 spiro atoms. The molecule has 0 aliphatic carbocycles. The topological polar surface area (TPSA) is 78.5 Å². The van der Waals surface area contributed by atoms with Crippen molar-refractivity contribution in [2.45, 2.75) is 4.90 Å². The minimum absolute atomic E-state index is 0.0853. The first kappa shape index (κ1) is 26.7. The van der Waals surface area contributed by atoms with Gasteiger partial charge in [-0.1, -0.05) is 57.5 Å². The summed E-state index contributed by atoms with van der Waals surface area (Å²) in [5.74, 6) is -1.99. The molecule has 2 N–H and O–H groups in total. The van der Waals surface area contributed by atoms with Crippen molar-refractivity contribution in [1.29, 1.82) is 0 Å². The van der Waals surface area contributed by atoms with E-state index in [1.165, 1.54) is 24.3 Å². The number of rotatable bonds is 7. The van der Waals surface area contributed by atoms with Gasteiger partial charge in [0.05, 0.1) is 16.3 Å². The molecule has 0 aromatic heterocycles. The maximum Gasteiger partial charge on any atom is 0.283 e. The van der Waals surface area contributed by atoms with Crippen molar-refractivity contribution in [2.75, 3.05) is 15.5 Å². The van der Waals surface area contributed by atoms with E-state index in [9.17, 15) is 18.8 Å². The molecule has 4 aromatic carbocycles. The van der Waals surface area contributed by atoms with Crippen molar-refractivity contribution in [1.82, 2.24) is 0 Å². The highest BCUT2D eigenvalue weighted by molar-refractivity contribution is 9.10. The van der Waals surface area contributed by atoms with E-state index < -0.39 is 17.6 Å². The average Bonchev–Trinajstić information content (AvgIpc) is 3.15. The number of halogens is 3. The highest BCUT2D eigenvalue weighted by Crippen LogP contribution is 2.38. The molecule has 194 valence electrons. The zero-order valence-electron chi connectivity index (χ0n) is 20.0. The van der Waals surface area contributed by atoms with E-state index in [0.717, 1.165) is 21.1 Å². The van der Waals surface area contributed by atoms with Crippen LogP contribution in [0.1, 0.15) is 10.4 Å². The molecule has 0 fully saturated rings. The Balaban J connectivity index is 1.46. The molecule has 6 nitrogen and oxygen atoms in total. The summed E-state index contributed by atoms with van der Waals surface area (Å²) in [5, 5.41) is 6.21. The van der Waals surface area contributed by atoms with Crippen molar-refractivity contribution in [3.63, 3.8) is 0 Å². The third-order valence-electron chi connectivity index (χ3n) is 5.67. The predicted molar refractivity (Wildman–Crippen MR) is 155 cm³/mol. The van der Waals surface area contributed by atoms with E-state index in [1.54, 1.807) is 72.8 Å². The molecule has 1 aliphatic heterocycles. The summed E-state index contributed by atoms with van der Waals surface area (Å²) in [6.07, 6.45) is 0. The number of thioether (sulfide) groups is 1. The number of amides is 3. The first-order valence-corrected chi connectivity index (χ1v) is 13.5. The molecule has 0 radical (unpaired) electrons. The Morgan fingerprint density at radius 2 is 1.56 bits per heavy atom. The van der Waals surface area contributed by atoms with E-state index in [2.05, 4.69) is 26.6 Å². The number of hydrogen-bond donors (Lipinski definition) is 2. The molecule has 1 aliphatic rings. The summed E-state index contributed by atoms with van der Waals surface area (Å²) in [5.41, 5.74) is 1.75. The molecule has 3 amide bonds. The Hall–Kier alpha value is -3.92. The summed E-state index contributed by atoms with van der Waals surface area (Å²) in [4.78, 5) is 41.5. The fourth-order valence-electron chi connectivity index (χ4n) is 3.82. The van der Waals surface area contributed by atoms with Gasteiger partial charge in [-0.3, -0.25) is 14.4 Å². The van der Waals surface area contributed by atoms with Crippen LogP contribution >= 0.6 is 39.3 Å². The second-order valence-electron chi connectivity index (χ2n) is 8.32. The van der Waals surface area contributed by atoms with Crippen LogP contribution in [-0.4, -0.2) is 17.7 Å². The lowest BCUT2D eigenvalue weighted by atomic mass is 10.2. The number of carbonyl (C=O) groups excluding carboxylic acids is 3. The lowest BCUT2D eigenvalue weighted by Crippen LogP contribution is -2.32. The second-order valence-corrected chi connectivity index (χ2v) is 10.7. The number of benzene rings is 4. The van der Waals surface area contributed by atoms with Crippen LogP contribution in [0.3, 0.4) is 0 Å². The van der Waals surface area contributed by atoms with Crippen LogP contribution in [-0.2, 0) is 9.59 Å². The van der Waals surface area contributed by atoms with Gasteiger partial charge in [-0.2, -0.15) is 0 Å². The van der Waals surface area contributed by atoms with Gasteiger partial charge in [0, 0.05) is 20.7 Å². The fourth-order valence-corrected chi connectivity index (χ4v) is 5.29. The van der Waals surface area contributed by atoms with Crippen LogP contribution in [0.5, 0.6) is 0 Å². The summed E-state index contributed by atoms with van der Waals surface area (Å²) < 4.78 is 14.4. The van der Waals surface area contributed by atoms with Crippen LogP contribution in [0.2, 0.25) is 5.02 Å². The van der Waals surface area contributed by atoms with Gasteiger partial charge in [-0.15, -0.1) is 0 Å². The minimum atomic E-state index is -0.569. The van der Waals surface area contributed by atoms with Gasteiger partial charge in [0.1, 0.15) is 16.4 Å². The summed E-state index contributed by atoms with van der Waals surface area (Å²) >= 11 is 10.6. The maximum atomic E-state index is 13.5. The monoisotopic (exact) mass is 621 g/mol. The Labute approximate surface area is 241 Å². The molecule has 5 rings (SSSR count). The lowest BCUT2D eigenvalue weighted by molar-refractivity contribution is -0.120. The molecule has 1 heterocycles. The van der Waals surface area contributed by atoms with Gasteiger partial charge >= 0.3 is 0 Å². The van der Waals surface area contributed by atoms with Gasteiger partial charge in [0.25, 0.3) is 17.7 Å². The van der Waals surface area contributed by atoms with Gasteiger partial charge in [-0.05, 0) is 78.9 Å². The van der Waals surface area contributed by atoms with E-state index >= 15 is 0 Å². The van der Waals surface area contributed by atoms with Crippen molar-refractivity contribution in [2.24, 2.45) is 0 Å². The van der Waals surface area contributed by atoms with Crippen LogP contribution in [0.4, 0.5) is 21.5 Å². The maximum absolute atomic E-state index is 13.5. The summed E-state index contributed by atoms with van der Waals surface area (Å²) in [7, 11) is 0. The first-order chi connectivity index (χ1) is 18.8. The quantitative estimate of drug-likeness (QED) is 0.209. The summed E-state index contributed by atoms with van der Waals surface area (Å²) in [6.45, 7) is 0. The molecule has 0 atom stereocenters. The zero-order chi connectivity index (χ0) is 27.5. The molecular weight excluding hydrogens is 605 g/mol. The number of hydrogen-bond acceptors (Lipinski definition) is 5. The number of anilines is 3. The first-order valence-electron chi connectivity index (χ1n) is 11.5. The van der Waals surface area contributed by atoms with E-state index in [1.807, 2.05) is 0 Å². The third kappa shape index (κ3) is 5.90. The van der Waals surface area contributed by atoms with Crippen LogP contribution < -0.4 is 15.5 Å². The van der Waals surface area contributed by atoms with Gasteiger partial charge in [0.15, 0.2) is 0 Å². The fraction of sp³-hybridized carbons (Fsp3) is 0. The van der Waals surface area contributed by atoms with E-state index in [4.69, 9.17) is 11.6 Å². The van der Waals surface area contributed by atoms with E-state index in [0.29, 0.717) is 26.9 Å². The average molecular weight is 623 g/mol. The largest absolute Gasteiger partial charge is 0.350 e. The Morgan fingerprint density at radius 3 is 2.28 bits per heavy atom. The molecule has 0 unspecified atom stereocenters. The lowest BCUT2D eigenvalue weighted by Gasteiger charge is -2.15. The Morgan fingerprint density at radius 1 is 0.846 bits per heavy atom. The highest BCUT2D eigenvalue weighted by Gasteiger charge is 2.40. The Kier molecular flexibility index (Phi) is 7.83. The predicted octanol–water partition coefficient (Wildman–Crippen LogP) is 7.48. The molecule has 10 heteroatoms. The minimum Gasteiger partial charge on any atom is -0.350 e. The van der Waals surface area contributed by atoms with Crippen LogP contribution in [0.25, 0.3) is 0 Å². The number of imide groups is 1. The highest BCUT2D eigenvalue weighted by atomic mass is 79.9. The number of nitrogens with one attached hydrogen (secondary N) is 2. The van der Waals surface area contributed by atoms with Crippen molar-refractivity contribution in [3.8, 4) is 0 Å².